The first kappa shape index (κ1) is 16.7. The first-order valence-electron chi connectivity index (χ1n) is 8.00. The molecule has 0 atom stereocenters. The number of anilines is 1. The molecule has 0 aliphatic rings. The van der Waals surface area contributed by atoms with Crippen molar-refractivity contribution in [3.05, 3.63) is 48.0 Å². The van der Waals surface area contributed by atoms with E-state index in [0.717, 1.165) is 22.2 Å². The van der Waals surface area contributed by atoms with Crippen LogP contribution in [-0.2, 0) is 9.59 Å². The van der Waals surface area contributed by atoms with Gasteiger partial charge in [0.15, 0.2) is 5.58 Å². The van der Waals surface area contributed by atoms with Crippen LogP contribution in [-0.4, -0.2) is 22.0 Å². The summed E-state index contributed by atoms with van der Waals surface area (Å²) in [5, 5.41) is 11.3. The number of carbonyl (C=O) groups is 2. The summed E-state index contributed by atoms with van der Waals surface area (Å²) >= 11 is 0. The van der Waals surface area contributed by atoms with Crippen LogP contribution >= 0.6 is 0 Å². The normalized spacial score (nSPS) is 10.8. The van der Waals surface area contributed by atoms with Crippen molar-refractivity contribution in [1.82, 2.24) is 4.98 Å². The largest absolute Gasteiger partial charge is 0.481 e. The van der Waals surface area contributed by atoms with Crippen molar-refractivity contribution < 1.29 is 19.1 Å². The van der Waals surface area contributed by atoms with Gasteiger partial charge in [-0.1, -0.05) is 6.07 Å². The third-order valence-corrected chi connectivity index (χ3v) is 3.75. The highest BCUT2D eigenvalue weighted by Crippen LogP contribution is 2.26. The van der Waals surface area contributed by atoms with Gasteiger partial charge in [0.05, 0.1) is 0 Å². The summed E-state index contributed by atoms with van der Waals surface area (Å²) in [7, 11) is 0. The van der Waals surface area contributed by atoms with Gasteiger partial charge < -0.3 is 14.8 Å². The van der Waals surface area contributed by atoms with E-state index >= 15 is 0 Å². The number of aromatic nitrogens is 1. The topological polar surface area (TPSA) is 92.4 Å². The summed E-state index contributed by atoms with van der Waals surface area (Å²) < 4.78 is 5.75. The number of hydrogen-bond donors (Lipinski definition) is 2. The van der Waals surface area contributed by atoms with Gasteiger partial charge in [-0.2, -0.15) is 0 Å². The van der Waals surface area contributed by atoms with E-state index < -0.39 is 5.97 Å². The second-order valence-corrected chi connectivity index (χ2v) is 5.86. The van der Waals surface area contributed by atoms with E-state index in [1.54, 1.807) is 12.1 Å². The molecule has 0 fully saturated rings. The molecule has 6 nitrogen and oxygen atoms in total. The van der Waals surface area contributed by atoms with Gasteiger partial charge in [-0.05, 0) is 55.3 Å². The lowest BCUT2D eigenvalue weighted by atomic mass is 10.2. The monoisotopic (exact) mass is 338 g/mol. The maximum atomic E-state index is 11.8. The lowest BCUT2D eigenvalue weighted by Gasteiger charge is -2.05. The van der Waals surface area contributed by atoms with Gasteiger partial charge >= 0.3 is 5.97 Å². The molecule has 1 amide bonds. The number of oxazole rings is 1. The minimum absolute atomic E-state index is 0.0104. The Kier molecular flexibility index (Phi) is 4.79. The molecule has 6 heteroatoms. The van der Waals surface area contributed by atoms with Crippen LogP contribution in [0.15, 0.2) is 46.9 Å². The molecule has 128 valence electrons. The van der Waals surface area contributed by atoms with E-state index in [9.17, 15) is 9.59 Å². The van der Waals surface area contributed by atoms with E-state index in [2.05, 4.69) is 10.3 Å². The van der Waals surface area contributed by atoms with Gasteiger partial charge in [-0.25, -0.2) is 4.98 Å². The molecule has 2 N–H and O–H groups in total. The molecule has 0 saturated heterocycles. The number of aryl methyl sites for hydroxylation is 1. The van der Waals surface area contributed by atoms with E-state index in [4.69, 9.17) is 9.52 Å². The van der Waals surface area contributed by atoms with Gasteiger partial charge in [0.1, 0.15) is 5.52 Å². The van der Waals surface area contributed by atoms with Gasteiger partial charge in [0.2, 0.25) is 11.8 Å². The smallest absolute Gasteiger partial charge is 0.303 e. The third kappa shape index (κ3) is 4.23. The standard InChI is InChI=1S/C19H18N2O4/c1-12-5-10-16-15(11-12)21-19(25-16)13-6-8-14(9-7-13)20-17(22)3-2-4-18(23)24/h5-11H,2-4H2,1H3,(H,20,22)(H,23,24). The zero-order chi connectivity index (χ0) is 17.8. The average Bonchev–Trinajstić information content (AvgIpc) is 2.98. The Morgan fingerprint density at radius 3 is 2.60 bits per heavy atom. The summed E-state index contributed by atoms with van der Waals surface area (Å²) in [5.74, 6) is -0.572. The molecule has 0 aliphatic heterocycles. The van der Waals surface area contributed by atoms with Crippen molar-refractivity contribution in [2.45, 2.75) is 26.2 Å². The number of carboxylic acid groups (broad SMARTS) is 1. The van der Waals surface area contributed by atoms with Crippen molar-refractivity contribution in [3.8, 4) is 11.5 Å². The first-order chi connectivity index (χ1) is 12.0. The number of benzene rings is 2. The van der Waals surface area contributed by atoms with Crippen molar-refractivity contribution >= 4 is 28.7 Å². The van der Waals surface area contributed by atoms with Gasteiger partial charge in [0.25, 0.3) is 0 Å². The van der Waals surface area contributed by atoms with Crippen LogP contribution in [0, 0.1) is 6.92 Å². The molecule has 0 saturated carbocycles. The lowest BCUT2D eigenvalue weighted by molar-refractivity contribution is -0.137. The number of carbonyl (C=O) groups excluding carboxylic acids is 1. The number of amides is 1. The summed E-state index contributed by atoms with van der Waals surface area (Å²) in [5.41, 5.74) is 4.13. The van der Waals surface area contributed by atoms with E-state index in [-0.39, 0.29) is 18.7 Å². The van der Waals surface area contributed by atoms with Crippen LogP contribution in [0.3, 0.4) is 0 Å². The highest BCUT2D eigenvalue weighted by molar-refractivity contribution is 5.91. The molecule has 1 aromatic heterocycles. The second kappa shape index (κ2) is 7.17. The zero-order valence-electron chi connectivity index (χ0n) is 13.8. The van der Waals surface area contributed by atoms with Crippen molar-refractivity contribution in [3.63, 3.8) is 0 Å². The van der Waals surface area contributed by atoms with Crippen molar-refractivity contribution in [1.29, 1.82) is 0 Å². The molecule has 3 rings (SSSR count). The Morgan fingerprint density at radius 2 is 1.88 bits per heavy atom. The number of fused-ring (bicyclic) bond motifs is 1. The van der Waals surface area contributed by atoms with Crippen molar-refractivity contribution in [2.75, 3.05) is 5.32 Å². The van der Waals surface area contributed by atoms with Gasteiger partial charge in [-0.15, -0.1) is 0 Å². The quantitative estimate of drug-likeness (QED) is 0.709. The maximum Gasteiger partial charge on any atom is 0.303 e. The highest BCUT2D eigenvalue weighted by Gasteiger charge is 2.09. The molecule has 0 unspecified atom stereocenters. The summed E-state index contributed by atoms with van der Waals surface area (Å²) in [4.78, 5) is 26.7. The minimum atomic E-state index is -0.898. The predicted octanol–water partition coefficient (Wildman–Crippen LogP) is 4.00. The predicted molar refractivity (Wildman–Crippen MR) is 94.3 cm³/mol. The van der Waals surface area contributed by atoms with Crippen LogP contribution in [0.5, 0.6) is 0 Å². The maximum absolute atomic E-state index is 11.8. The molecular formula is C19H18N2O4. The van der Waals surface area contributed by atoms with Crippen LogP contribution in [0.25, 0.3) is 22.6 Å². The molecule has 0 radical (unpaired) electrons. The summed E-state index contributed by atoms with van der Waals surface area (Å²) in [6, 6.07) is 13.0. The molecule has 1 heterocycles. The van der Waals surface area contributed by atoms with E-state index in [1.165, 1.54) is 0 Å². The number of nitrogens with one attached hydrogen (secondary N) is 1. The first-order valence-corrected chi connectivity index (χ1v) is 8.00. The average molecular weight is 338 g/mol. The van der Waals surface area contributed by atoms with Crippen molar-refractivity contribution in [2.24, 2.45) is 0 Å². The number of hydrogen-bond acceptors (Lipinski definition) is 4. The summed E-state index contributed by atoms with van der Waals surface area (Å²) in [6.07, 6.45) is 0.490. The molecule has 0 bridgehead atoms. The number of carboxylic acids is 1. The van der Waals surface area contributed by atoms with Crippen LogP contribution in [0.1, 0.15) is 24.8 Å². The van der Waals surface area contributed by atoms with E-state index in [1.807, 2.05) is 37.3 Å². The Balaban J connectivity index is 1.66. The Labute approximate surface area is 144 Å². The molecule has 3 aromatic rings. The fourth-order valence-corrected chi connectivity index (χ4v) is 2.48. The van der Waals surface area contributed by atoms with Gasteiger partial charge in [0, 0.05) is 24.1 Å². The Morgan fingerprint density at radius 1 is 1.12 bits per heavy atom. The fraction of sp³-hybridized carbons (Fsp3) is 0.211. The SMILES string of the molecule is Cc1ccc2oc(-c3ccc(NC(=O)CCCC(=O)O)cc3)nc2c1. The Bertz CT molecular complexity index is 913. The molecule has 2 aromatic carbocycles. The minimum Gasteiger partial charge on any atom is -0.481 e. The molecule has 0 aliphatic carbocycles. The zero-order valence-corrected chi connectivity index (χ0v) is 13.8. The van der Waals surface area contributed by atoms with Gasteiger partial charge in [-0.3, -0.25) is 9.59 Å². The third-order valence-electron chi connectivity index (χ3n) is 3.75. The number of nitrogens with zero attached hydrogens (tertiary/aromatic N) is 1. The number of aliphatic carboxylic acids is 1. The number of rotatable bonds is 6. The lowest BCUT2D eigenvalue weighted by Crippen LogP contribution is -2.11. The summed E-state index contributed by atoms with van der Waals surface area (Å²) in [6.45, 7) is 2.00. The van der Waals surface area contributed by atoms with Crippen LogP contribution in [0.2, 0.25) is 0 Å². The second-order valence-electron chi connectivity index (χ2n) is 5.86. The molecule has 25 heavy (non-hydrogen) atoms. The molecular weight excluding hydrogens is 320 g/mol. The molecule has 0 spiro atoms. The fourth-order valence-electron chi connectivity index (χ4n) is 2.48. The van der Waals surface area contributed by atoms with Crippen LogP contribution in [0.4, 0.5) is 5.69 Å². The van der Waals surface area contributed by atoms with Crippen LogP contribution < -0.4 is 5.32 Å². The highest BCUT2D eigenvalue weighted by atomic mass is 16.4. The Hall–Kier alpha value is -3.15. The van der Waals surface area contributed by atoms with E-state index in [0.29, 0.717) is 18.0 Å².